The van der Waals surface area contributed by atoms with E-state index in [1.165, 1.54) is 0 Å². The van der Waals surface area contributed by atoms with Gasteiger partial charge in [-0.1, -0.05) is 35.5 Å². The molecule has 26 heavy (non-hydrogen) atoms. The largest absolute Gasteiger partial charge is 0.340 e. The molecule has 0 saturated heterocycles. The normalized spacial score (nSPS) is 14.1. The summed E-state index contributed by atoms with van der Waals surface area (Å²) < 4.78 is 7.36. The minimum Gasteiger partial charge on any atom is -0.340 e. The van der Waals surface area contributed by atoms with Crippen molar-refractivity contribution in [3.8, 4) is 11.4 Å². The molecule has 0 aliphatic carbocycles. The second-order valence-electron chi connectivity index (χ2n) is 6.32. The number of carbonyl (C=O) groups excluding carboxylic acids is 1. The minimum atomic E-state index is 0.0980. The van der Waals surface area contributed by atoms with E-state index in [4.69, 9.17) is 4.52 Å². The number of nitrogens with zero attached hydrogens (tertiary/aromatic N) is 6. The van der Waals surface area contributed by atoms with Gasteiger partial charge in [-0.3, -0.25) is 4.79 Å². The number of rotatable bonds is 4. The van der Waals surface area contributed by atoms with E-state index in [0.717, 1.165) is 30.2 Å². The van der Waals surface area contributed by atoms with Crippen LogP contribution >= 0.6 is 0 Å². The predicted octanol–water partition coefficient (Wildman–Crippen LogP) is 1.65. The van der Waals surface area contributed by atoms with Crippen LogP contribution in [-0.2, 0) is 24.2 Å². The number of fused-ring (bicyclic) bond motifs is 1. The van der Waals surface area contributed by atoms with E-state index >= 15 is 0 Å². The first-order valence-electron chi connectivity index (χ1n) is 8.75. The number of amides is 1. The van der Waals surface area contributed by atoms with E-state index in [2.05, 4.69) is 24.9 Å². The maximum absolute atomic E-state index is 12.5. The van der Waals surface area contributed by atoms with Crippen molar-refractivity contribution in [1.29, 1.82) is 0 Å². The van der Waals surface area contributed by atoms with Gasteiger partial charge in [0.25, 0.3) is 0 Å². The van der Waals surface area contributed by atoms with E-state index < -0.39 is 0 Å². The van der Waals surface area contributed by atoms with E-state index in [1.807, 2.05) is 42.2 Å². The Bertz CT molecular complexity index is 902. The molecule has 0 fully saturated rings. The molecule has 0 atom stereocenters. The molecule has 1 aromatic carbocycles. The first-order chi connectivity index (χ1) is 12.7. The van der Waals surface area contributed by atoms with Crippen LogP contribution in [-0.4, -0.2) is 48.8 Å². The molecule has 2 aromatic heterocycles. The summed E-state index contributed by atoms with van der Waals surface area (Å²) in [5, 5.41) is 12.3. The summed E-state index contributed by atoms with van der Waals surface area (Å²) in [4.78, 5) is 18.8. The molecule has 0 unspecified atom stereocenters. The van der Waals surface area contributed by atoms with Crippen molar-refractivity contribution >= 4 is 5.91 Å². The highest BCUT2D eigenvalue weighted by molar-refractivity contribution is 5.76. The number of benzene rings is 1. The Labute approximate surface area is 150 Å². The highest BCUT2D eigenvalue weighted by Gasteiger charge is 2.21. The number of aryl methyl sites for hydroxylation is 2. The van der Waals surface area contributed by atoms with Gasteiger partial charge in [-0.15, -0.1) is 10.2 Å². The van der Waals surface area contributed by atoms with E-state index in [-0.39, 0.29) is 5.91 Å². The topological polar surface area (TPSA) is 89.9 Å². The molecule has 0 saturated carbocycles. The van der Waals surface area contributed by atoms with Crippen LogP contribution < -0.4 is 0 Å². The Morgan fingerprint density at radius 1 is 1.15 bits per heavy atom. The highest BCUT2D eigenvalue weighted by Crippen LogP contribution is 2.16. The molecule has 3 heterocycles. The summed E-state index contributed by atoms with van der Waals surface area (Å²) in [6.07, 6.45) is 1.53. The van der Waals surface area contributed by atoms with Crippen LogP contribution in [0.4, 0.5) is 0 Å². The van der Waals surface area contributed by atoms with E-state index in [1.54, 1.807) is 0 Å². The van der Waals surface area contributed by atoms with Gasteiger partial charge in [0.15, 0.2) is 0 Å². The lowest BCUT2D eigenvalue weighted by atomic mass is 10.2. The van der Waals surface area contributed by atoms with Crippen LogP contribution in [0.2, 0.25) is 0 Å². The summed E-state index contributed by atoms with van der Waals surface area (Å²) in [5.74, 6) is 2.98. The Balaban J connectivity index is 1.34. The second-order valence-corrected chi connectivity index (χ2v) is 6.32. The zero-order valence-corrected chi connectivity index (χ0v) is 14.6. The average Bonchev–Trinajstić information content (AvgIpc) is 3.21. The van der Waals surface area contributed by atoms with Crippen molar-refractivity contribution < 1.29 is 9.32 Å². The van der Waals surface area contributed by atoms with Crippen LogP contribution in [0.25, 0.3) is 11.4 Å². The first kappa shape index (κ1) is 16.4. The molecular weight excluding hydrogens is 332 g/mol. The molecule has 3 aromatic rings. The molecule has 8 heteroatoms. The van der Waals surface area contributed by atoms with Gasteiger partial charge in [-0.2, -0.15) is 4.98 Å². The van der Waals surface area contributed by atoms with Crippen molar-refractivity contribution in [2.24, 2.45) is 0 Å². The van der Waals surface area contributed by atoms with Gasteiger partial charge in [0.2, 0.25) is 17.6 Å². The van der Waals surface area contributed by atoms with Gasteiger partial charge >= 0.3 is 0 Å². The summed E-state index contributed by atoms with van der Waals surface area (Å²) in [6, 6.07) is 9.65. The third-order valence-corrected chi connectivity index (χ3v) is 4.62. The molecule has 0 radical (unpaired) electrons. The quantitative estimate of drug-likeness (QED) is 0.709. The zero-order chi connectivity index (χ0) is 17.9. The molecule has 1 aliphatic rings. The fraction of sp³-hybridized carbons (Fsp3) is 0.389. The summed E-state index contributed by atoms with van der Waals surface area (Å²) >= 11 is 0. The number of aromatic nitrogens is 5. The summed E-state index contributed by atoms with van der Waals surface area (Å²) in [7, 11) is 0. The molecule has 1 amide bonds. The van der Waals surface area contributed by atoms with Crippen LogP contribution in [0.1, 0.15) is 24.0 Å². The summed E-state index contributed by atoms with van der Waals surface area (Å²) in [6.45, 7) is 4.01. The maximum atomic E-state index is 12.5. The third-order valence-electron chi connectivity index (χ3n) is 4.62. The smallest absolute Gasteiger partial charge is 0.227 e. The second kappa shape index (κ2) is 7.07. The predicted molar refractivity (Wildman–Crippen MR) is 93.1 cm³/mol. The number of carbonyl (C=O) groups is 1. The van der Waals surface area contributed by atoms with Gasteiger partial charge < -0.3 is 14.0 Å². The fourth-order valence-corrected chi connectivity index (χ4v) is 3.15. The number of hydrogen-bond donors (Lipinski definition) is 0. The molecule has 8 nitrogen and oxygen atoms in total. The zero-order valence-electron chi connectivity index (χ0n) is 14.6. The fourth-order valence-electron chi connectivity index (χ4n) is 3.15. The Morgan fingerprint density at radius 3 is 2.85 bits per heavy atom. The van der Waals surface area contributed by atoms with Crippen molar-refractivity contribution in [2.75, 3.05) is 13.1 Å². The van der Waals surface area contributed by atoms with Crippen molar-refractivity contribution in [1.82, 2.24) is 29.8 Å². The Kier molecular flexibility index (Phi) is 4.47. The van der Waals surface area contributed by atoms with Crippen molar-refractivity contribution in [3.05, 3.63) is 47.9 Å². The molecule has 134 valence electrons. The van der Waals surface area contributed by atoms with Gasteiger partial charge in [0.05, 0.1) is 0 Å². The lowest BCUT2D eigenvalue weighted by molar-refractivity contribution is -0.131. The maximum Gasteiger partial charge on any atom is 0.227 e. The van der Waals surface area contributed by atoms with E-state index in [9.17, 15) is 4.79 Å². The third kappa shape index (κ3) is 3.35. The molecular formula is C18H20N6O2. The number of hydrogen-bond acceptors (Lipinski definition) is 6. The summed E-state index contributed by atoms with van der Waals surface area (Å²) in [5.41, 5.74) is 0.903. The lowest BCUT2D eigenvalue weighted by Crippen LogP contribution is -2.33. The Hall–Kier alpha value is -3.03. The van der Waals surface area contributed by atoms with Crippen molar-refractivity contribution in [3.63, 3.8) is 0 Å². The van der Waals surface area contributed by atoms with Gasteiger partial charge in [0, 0.05) is 44.5 Å². The molecule has 0 spiro atoms. The van der Waals surface area contributed by atoms with Crippen LogP contribution in [0.15, 0.2) is 34.9 Å². The molecule has 4 rings (SSSR count). The average molecular weight is 352 g/mol. The lowest BCUT2D eigenvalue weighted by Gasteiger charge is -2.19. The molecule has 1 aliphatic heterocycles. The molecule has 0 bridgehead atoms. The van der Waals surface area contributed by atoms with Gasteiger partial charge in [-0.25, -0.2) is 0 Å². The monoisotopic (exact) mass is 352 g/mol. The van der Waals surface area contributed by atoms with E-state index in [0.29, 0.717) is 37.6 Å². The molecule has 0 N–H and O–H groups in total. The van der Waals surface area contributed by atoms with Gasteiger partial charge in [-0.05, 0) is 6.92 Å². The van der Waals surface area contributed by atoms with Crippen LogP contribution in [0.5, 0.6) is 0 Å². The van der Waals surface area contributed by atoms with Gasteiger partial charge in [0.1, 0.15) is 11.6 Å². The standard InChI is InChI=1S/C18H20N6O2/c1-13-20-21-15-9-10-23(11-12-24(13)15)17(25)8-7-16-19-18(22-26-16)14-5-3-2-4-6-14/h2-6H,7-12H2,1H3. The first-order valence-corrected chi connectivity index (χ1v) is 8.75. The van der Waals surface area contributed by atoms with Crippen LogP contribution in [0.3, 0.4) is 0 Å². The Morgan fingerprint density at radius 2 is 2.00 bits per heavy atom. The highest BCUT2D eigenvalue weighted by atomic mass is 16.5. The van der Waals surface area contributed by atoms with Crippen molar-refractivity contribution in [2.45, 2.75) is 32.7 Å². The SMILES string of the molecule is Cc1nnc2n1CCN(C(=O)CCc1nc(-c3ccccc3)no1)CC2. The minimum absolute atomic E-state index is 0.0980. The van der Waals surface area contributed by atoms with Crippen LogP contribution in [0, 0.1) is 6.92 Å².